The first-order valence-corrected chi connectivity index (χ1v) is 8.80. The number of nitrogens with one attached hydrogen (secondary N) is 1. The summed E-state index contributed by atoms with van der Waals surface area (Å²) in [5.74, 6) is -0.0661. The van der Waals surface area contributed by atoms with Crippen LogP contribution in [0.4, 0.5) is 0 Å². The van der Waals surface area contributed by atoms with Crippen LogP contribution in [0.3, 0.4) is 0 Å². The Morgan fingerprint density at radius 2 is 2.00 bits per heavy atom. The van der Waals surface area contributed by atoms with Gasteiger partial charge in [0, 0.05) is 52.4 Å². The molecule has 2 N–H and O–H groups in total. The summed E-state index contributed by atoms with van der Waals surface area (Å²) in [4.78, 5) is 38.7. The van der Waals surface area contributed by atoms with Gasteiger partial charge in [0.2, 0.25) is 0 Å². The van der Waals surface area contributed by atoms with Gasteiger partial charge in [0.25, 0.3) is 11.5 Å². The Kier molecular flexibility index (Phi) is 6.55. The summed E-state index contributed by atoms with van der Waals surface area (Å²) >= 11 is 0. The first kappa shape index (κ1) is 19.4. The van der Waals surface area contributed by atoms with Crippen LogP contribution in [-0.2, 0) is 14.1 Å². The van der Waals surface area contributed by atoms with Crippen molar-refractivity contribution in [2.45, 2.75) is 32.2 Å². The molecule has 0 saturated carbocycles. The topological polar surface area (TPSA) is 96.6 Å². The lowest BCUT2D eigenvalue weighted by Crippen LogP contribution is -2.45. The summed E-state index contributed by atoms with van der Waals surface area (Å²) in [5, 5.41) is 12.0. The highest BCUT2D eigenvalue weighted by Gasteiger charge is 2.33. The second kappa shape index (κ2) is 8.44. The molecule has 0 aromatic carbocycles. The van der Waals surface area contributed by atoms with Crippen LogP contribution in [0.2, 0.25) is 0 Å². The SMILES string of the molecule is CCC[C@H]1CN(CCCO)C[C@@H]1NC(=O)c1cc(=O)n(C)c(=O)n1C. The van der Waals surface area contributed by atoms with E-state index in [2.05, 4.69) is 17.1 Å². The van der Waals surface area contributed by atoms with Gasteiger partial charge in [-0.05, 0) is 18.8 Å². The maximum absolute atomic E-state index is 12.6. The van der Waals surface area contributed by atoms with E-state index in [4.69, 9.17) is 5.11 Å². The average Bonchev–Trinajstić information content (AvgIpc) is 2.96. The Balaban J connectivity index is 2.15. The maximum atomic E-state index is 12.6. The van der Waals surface area contributed by atoms with Crippen molar-refractivity contribution in [2.24, 2.45) is 20.0 Å². The molecular weight excluding hydrogens is 324 g/mol. The number of hydrogen-bond acceptors (Lipinski definition) is 5. The molecule has 1 aliphatic heterocycles. The maximum Gasteiger partial charge on any atom is 0.331 e. The van der Waals surface area contributed by atoms with Crippen LogP contribution < -0.4 is 16.6 Å². The van der Waals surface area contributed by atoms with E-state index in [0.717, 1.165) is 37.0 Å². The van der Waals surface area contributed by atoms with Crippen LogP contribution in [0, 0.1) is 5.92 Å². The van der Waals surface area contributed by atoms with Crippen molar-refractivity contribution in [1.29, 1.82) is 0 Å². The van der Waals surface area contributed by atoms with Gasteiger partial charge in [-0.25, -0.2) is 4.79 Å². The molecule has 0 aliphatic carbocycles. The summed E-state index contributed by atoms with van der Waals surface area (Å²) in [6.07, 6.45) is 2.73. The Labute approximate surface area is 147 Å². The van der Waals surface area contributed by atoms with E-state index >= 15 is 0 Å². The van der Waals surface area contributed by atoms with Crippen LogP contribution in [0.15, 0.2) is 15.7 Å². The number of aliphatic hydroxyl groups is 1. The molecular formula is C17H28N4O4. The molecule has 1 amide bonds. The highest BCUT2D eigenvalue weighted by molar-refractivity contribution is 5.92. The number of likely N-dealkylation sites (tertiary alicyclic amines) is 1. The number of amides is 1. The average molecular weight is 352 g/mol. The smallest absolute Gasteiger partial charge is 0.331 e. The second-order valence-electron chi connectivity index (χ2n) is 6.73. The Morgan fingerprint density at radius 1 is 1.28 bits per heavy atom. The summed E-state index contributed by atoms with van der Waals surface area (Å²) < 4.78 is 2.17. The van der Waals surface area contributed by atoms with Crippen LogP contribution >= 0.6 is 0 Å². The zero-order chi connectivity index (χ0) is 18.6. The highest BCUT2D eigenvalue weighted by Crippen LogP contribution is 2.22. The van der Waals surface area contributed by atoms with E-state index in [-0.39, 0.29) is 18.3 Å². The fourth-order valence-electron chi connectivity index (χ4n) is 3.46. The molecule has 0 bridgehead atoms. The van der Waals surface area contributed by atoms with Gasteiger partial charge in [-0.1, -0.05) is 13.3 Å². The molecule has 1 aromatic heterocycles. The minimum Gasteiger partial charge on any atom is -0.396 e. The van der Waals surface area contributed by atoms with Gasteiger partial charge in [-0.15, -0.1) is 0 Å². The number of nitrogens with zero attached hydrogens (tertiary/aromatic N) is 3. The zero-order valence-electron chi connectivity index (χ0n) is 15.2. The van der Waals surface area contributed by atoms with Crippen molar-refractivity contribution in [3.63, 3.8) is 0 Å². The number of aliphatic hydroxyl groups excluding tert-OH is 1. The van der Waals surface area contributed by atoms with E-state index in [1.165, 1.54) is 24.7 Å². The van der Waals surface area contributed by atoms with Crippen molar-refractivity contribution in [2.75, 3.05) is 26.2 Å². The number of aromatic nitrogens is 2. The lowest BCUT2D eigenvalue weighted by Gasteiger charge is -2.20. The lowest BCUT2D eigenvalue weighted by atomic mass is 9.98. The third kappa shape index (κ3) is 4.38. The van der Waals surface area contributed by atoms with Gasteiger partial charge in [-0.3, -0.25) is 18.7 Å². The third-order valence-electron chi connectivity index (χ3n) is 4.88. The van der Waals surface area contributed by atoms with Crippen molar-refractivity contribution >= 4 is 5.91 Å². The molecule has 0 unspecified atom stereocenters. The standard InChI is InChI=1S/C17H28N4O4/c1-4-6-12-10-21(7-5-8-22)11-13(12)18-16(24)14-9-15(23)20(3)17(25)19(14)2/h9,12-13,22H,4-8,10-11H2,1-3H3,(H,18,24)/t12-,13-/m0/s1. The molecule has 1 aromatic rings. The zero-order valence-corrected chi connectivity index (χ0v) is 15.2. The number of carbonyl (C=O) groups is 1. The molecule has 0 radical (unpaired) electrons. The summed E-state index contributed by atoms with van der Waals surface area (Å²) in [6.45, 7) is 4.66. The quantitative estimate of drug-likeness (QED) is 0.676. The summed E-state index contributed by atoms with van der Waals surface area (Å²) in [7, 11) is 2.88. The molecule has 0 spiro atoms. The minimum atomic E-state index is -0.515. The van der Waals surface area contributed by atoms with Crippen molar-refractivity contribution in [1.82, 2.24) is 19.4 Å². The van der Waals surface area contributed by atoms with E-state index in [1.807, 2.05) is 0 Å². The number of rotatable bonds is 7. The van der Waals surface area contributed by atoms with Crippen LogP contribution in [0.25, 0.3) is 0 Å². The third-order valence-corrected chi connectivity index (χ3v) is 4.88. The fraction of sp³-hybridized carbons (Fsp3) is 0.706. The Bertz CT molecular complexity index is 724. The van der Waals surface area contributed by atoms with Crippen molar-refractivity contribution < 1.29 is 9.90 Å². The van der Waals surface area contributed by atoms with Gasteiger partial charge in [0.05, 0.1) is 0 Å². The first-order valence-electron chi connectivity index (χ1n) is 8.80. The van der Waals surface area contributed by atoms with Crippen molar-refractivity contribution in [3.8, 4) is 0 Å². The minimum absolute atomic E-state index is 0.0229. The summed E-state index contributed by atoms with van der Waals surface area (Å²) in [5.41, 5.74) is -0.926. The molecule has 2 atom stereocenters. The Hall–Kier alpha value is -1.93. The Morgan fingerprint density at radius 3 is 2.64 bits per heavy atom. The first-order chi connectivity index (χ1) is 11.9. The molecule has 2 rings (SSSR count). The fourth-order valence-corrected chi connectivity index (χ4v) is 3.46. The van der Waals surface area contributed by atoms with Crippen LogP contribution in [0.1, 0.15) is 36.7 Å². The monoisotopic (exact) mass is 352 g/mol. The predicted molar refractivity (Wildman–Crippen MR) is 94.7 cm³/mol. The van der Waals surface area contributed by atoms with Crippen molar-refractivity contribution in [3.05, 3.63) is 32.6 Å². The van der Waals surface area contributed by atoms with Gasteiger partial charge in [-0.2, -0.15) is 0 Å². The van der Waals surface area contributed by atoms with Gasteiger partial charge in [0.15, 0.2) is 0 Å². The lowest BCUT2D eigenvalue weighted by molar-refractivity contribution is 0.0918. The molecule has 1 fully saturated rings. The van der Waals surface area contributed by atoms with E-state index in [9.17, 15) is 14.4 Å². The molecule has 8 heteroatoms. The predicted octanol–water partition coefficient (Wildman–Crippen LogP) is -0.703. The van der Waals surface area contributed by atoms with Gasteiger partial charge >= 0.3 is 5.69 Å². The second-order valence-corrected chi connectivity index (χ2v) is 6.73. The number of carbonyl (C=O) groups excluding carboxylic acids is 1. The molecule has 140 valence electrons. The van der Waals surface area contributed by atoms with Gasteiger partial charge in [0.1, 0.15) is 5.69 Å². The number of hydrogen-bond donors (Lipinski definition) is 2. The van der Waals surface area contributed by atoms with E-state index in [0.29, 0.717) is 12.3 Å². The van der Waals surface area contributed by atoms with Gasteiger partial charge < -0.3 is 15.3 Å². The highest BCUT2D eigenvalue weighted by atomic mass is 16.3. The molecule has 25 heavy (non-hydrogen) atoms. The van der Waals surface area contributed by atoms with Crippen LogP contribution in [0.5, 0.6) is 0 Å². The normalized spacial score (nSPS) is 20.8. The molecule has 8 nitrogen and oxygen atoms in total. The molecule has 2 heterocycles. The van der Waals surface area contributed by atoms with Crippen LogP contribution in [-0.4, -0.2) is 57.3 Å². The molecule has 1 aliphatic rings. The largest absolute Gasteiger partial charge is 0.396 e. The van der Waals surface area contributed by atoms with E-state index < -0.39 is 17.2 Å². The molecule has 1 saturated heterocycles. The summed E-state index contributed by atoms with van der Waals surface area (Å²) in [6, 6.07) is 1.18. The van der Waals surface area contributed by atoms with E-state index in [1.54, 1.807) is 0 Å².